The minimum absolute atomic E-state index is 0.529. The molecule has 0 fully saturated rings. The molecule has 0 radical (unpaired) electrons. The van der Waals surface area contributed by atoms with Gasteiger partial charge < -0.3 is 9.13 Å². The van der Waals surface area contributed by atoms with Gasteiger partial charge in [0, 0.05) is 43.9 Å². The molecule has 68 heavy (non-hydrogen) atoms. The van der Waals surface area contributed by atoms with Crippen LogP contribution in [0.25, 0.3) is 100 Å². The zero-order valence-corrected chi connectivity index (χ0v) is 40.4. The summed E-state index contributed by atoms with van der Waals surface area (Å²) in [5.41, 5.74) is 24.2. The fourth-order valence-electron chi connectivity index (χ4n) is 10.8. The van der Waals surface area contributed by atoms with Gasteiger partial charge in [0.1, 0.15) is 84.5 Å². The van der Waals surface area contributed by atoms with Crippen LogP contribution >= 0.6 is 0 Å². The van der Waals surface area contributed by atoms with E-state index in [9.17, 15) is 5.26 Å². The van der Waals surface area contributed by atoms with E-state index in [-0.39, 0.29) is 0 Å². The zero-order chi connectivity index (χ0) is 47.3. The summed E-state index contributed by atoms with van der Waals surface area (Å²) < 4.78 is 4.58. The molecule has 3 heterocycles. The largest absolute Gasteiger partial charge is 0.309 e. The molecule has 0 saturated carbocycles. The van der Waals surface area contributed by atoms with Crippen LogP contribution in [0.4, 0.5) is 0 Å². The molecular formula is C52H42B10N6. The molecule has 6 nitrogen and oxygen atoms in total. The third-order valence-corrected chi connectivity index (χ3v) is 15.4. The third kappa shape index (κ3) is 6.58. The number of nitrogens with zero attached hydrogens (tertiary/aromatic N) is 6. The van der Waals surface area contributed by atoms with Crippen molar-refractivity contribution in [2.24, 2.45) is 0 Å². The number of aromatic nitrogens is 5. The molecule has 16 heteroatoms. The van der Waals surface area contributed by atoms with Crippen LogP contribution in [0, 0.1) is 11.3 Å². The molecule has 0 aliphatic heterocycles. The van der Waals surface area contributed by atoms with Crippen LogP contribution in [0.1, 0.15) is 5.56 Å². The van der Waals surface area contributed by atoms with E-state index in [0.717, 1.165) is 82.8 Å². The van der Waals surface area contributed by atoms with Gasteiger partial charge in [-0.1, -0.05) is 88.6 Å². The van der Waals surface area contributed by atoms with Crippen LogP contribution in [-0.2, 0) is 0 Å². The number of rotatable bonds is 6. The van der Waals surface area contributed by atoms with E-state index in [1.165, 1.54) is 54.6 Å². The molecule has 8 aromatic carbocycles. The van der Waals surface area contributed by atoms with Crippen molar-refractivity contribution < 1.29 is 0 Å². The first-order valence-corrected chi connectivity index (χ1v) is 23.4. The van der Waals surface area contributed by atoms with E-state index in [1.807, 2.05) is 6.07 Å². The maximum Gasteiger partial charge on any atom is 0.164 e. The molecule has 0 aliphatic rings. The highest BCUT2D eigenvalue weighted by atomic mass is 15.0. The Morgan fingerprint density at radius 1 is 0.353 bits per heavy atom. The van der Waals surface area contributed by atoms with Crippen molar-refractivity contribution in [3.8, 4) is 62.7 Å². The van der Waals surface area contributed by atoms with Gasteiger partial charge in [0.05, 0.1) is 33.3 Å². The van der Waals surface area contributed by atoms with E-state index < -0.39 is 0 Å². The number of hydrogen-bond donors (Lipinski definition) is 0. The standard InChI is InChI=1S/C52H42B10N6/c53-40-38(41(54)45(58)48(61)44(40)57)51-64-50(65-52(66-51)39-42(55)46(59)49(62)47(60)43(39)56)26-16-17-33(27(20-26)23-63)68-35-13-7-5-11-30(35)32-22-25(15-19-37(32)68)24-14-18-36-31(21-24)29-10-4-6-12-34(29)67(36)28-8-2-1-3-9-28/h1-22H,53-62H2. The average molecular weight is 859 g/mol. The predicted octanol–water partition coefficient (Wildman–Crippen LogP) is -4.81. The summed E-state index contributed by atoms with van der Waals surface area (Å²) in [4.78, 5) is 15.9. The van der Waals surface area contributed by atoms with E-state index in [2.05, 4.69) is 221 Å². The van der Waals surface area contributed by atoms with Crippen molar-refractivity contribution >= 4 is 177 Å². The van der Waals surface area contributed by atoms with Gasteiger partial charge in [-0.05, 0) is 77.9 Å². The molecule has 0 N–H and O–H groups in total. The molecule has 0 unspecified atom stereocenters. The fraction of sp³-hybridized carbons (Fsp3) is 0. The Bertz CT molecular complexity index is 3860. The van der Waals surface area contributed by atoms with Gasteiger partial charge in [0.25, 0.3) is 0 Å². The third-order valence-electron chi connectivity index (χ3n) is 15.4. The second kappa shape index (κ2) is 16.4. The maximum atomic E-state index is 11.0. The lowest BCUT2D eigenvalue weighted by molar-refractivity contribution is 1.08. The molecule has 0 aliphatic carbocycles. The summed E-state index contributed by atoms with van der Waals surface area (Å²) >= 11 is 0. The lowest BCUT2D eigenvalue weighted by Gasteiger charge is -2.22. The molecule has 310 valence electrons. The van der Waals surface area contributed by atoms with Crippen molar-refractivity contribution in [3.63, 3.8) is 0 Å². The fourth-order valence-corrected chi connectivity index (χ4v) is 10.8. The number of benzene rings is 8. The van der Waals surface area contributed by atoms with E-state index >= 15 is 0 Å². The zero-order valence-electron chi connectivity index (χ0n) is 40.4. The van der Waals surface area contributed by atoms with Crippen molar-refractivity contribution in [2.45, 2.75) is 0 Å². The van der Waals surface area contributed by atoms with Crippen LogP contribution in [0.15, 0.2) is 133 Å². The van der Waals surface area contributed by atoms with Gasteiger partial charge in [-0.3, -0.25) is 0 Å². The summed E-state index contributed by atoms with van der Waals surface area (Å²) in [5, 5.41) is 15.7. The summed E-state index contributed by atoms with van der Waals surface area (Å²) in [6, 6.07) is 49.9. The van der Waals surface area contributed by atoms with Crippen LogP contribution in [0.3, 0.4) is 0 Å². The average Bonchev–Trinajstić information content (AvgIpc) is 3.88. The Hall–Kier alpha value is -7.49. The van der Waals surface area contributed by atoms with Crippen molar-refractivity contribution in [3.05, 3.63) is 139 Å². The highest BCUT2D eigenvalue weighted by molar-refractivity contribution is 6.70. The monoisotopic (exact) mass is 860 g/mol. The summed E-state index contributed by atoms with van der Waals surface area (Å²) in [5.74, 6) is 1.82. The van der Waals surface area contributed by atoms with Crippen LogP contribution in [-0.4, -0.2) is 103 Å². The quantitative estimate of drug-likeness (QED) is 0.158. The van der Waals surface area contributed by atoms with Gasteiger partial charge in [-0.15, -0.1) is 32.8 Å². The first-order chi connectivity index (χ1) is 32.9. The first-order valence-electron chi connectivity index (χ1n) is 23.4. The van der Waals surface area contributed by atoms with Gasteiger partial charge in [-0.25, -0.2) is 15.0 Å². The Kier molecular flexibility index (Phi) is 10.4. The van der Waals surface area contributed by atoms with Crippen molar-refractivity contribution in [1.82, 2.24) is 24.1 Å². The van der Waals surface area contributed by atoms with Crippen LogP contribution < -0.4 is 54.6 Å². The molecular weight excluding hydrogens is 817 g/mol. The Morgan fingerprint density at radius 3 is 1.25 bits per heavy atom. The molecule has 0 amide bonds. The predicted molar refractivity (Wildman–Crippen MR) is 317 cm³/mol. The summed E-state index contributed by atoms with van der Waals surface area (Å²) in [7, 11) is 21.8. The second-order valence-corrected chi connectivity index (χ2v) is 18.7. The molecule has 11 rings (SSSR count). The van der Waals surface area contributed by atoms with Gasteiger partial charge in [0.2, 0.25) is 0 Å². The lowest BCUT2D eigenvalue weighted by atomic mass is 9.60. The van der Waals surface area contributed by atoms with E-state index in [4.69, 9.17) is 15.0 Å². The number of hydrogen-bond acceptors (Lipinski definition) is 4. The Labute approximate surface area is 405 Å². The summed E-state index contributed by atoms with van der Waals surface area (Å²) in [6.45, 7) is 0. The highest BCUT2D eigenvalue weighted by Crippen LogP contribution is 2.39. The van der Waals surface area contributed by atoms with Crippen molar-refractivity contribution in [2.75, 3.05) is 0 Å². The molecule has 11 aromatic rings. The normalized spacial score (nSPS) is 11.5. The molecule has 3 aromatic heterocycles. The van der Waals surface area contributed by atoms with E-state index in [1.54, 1.807) is 0 Å². The van der Waals surface area contributed by atoms with Gasteiger partial charge in [0.15, 0.2) is 17.5 Å². The van der Waals surface area contributed by atoms with Crippen LogP contribution in [0.5, 0.6) is 0 Å². The minimum Gasteiger partial charge on any atom is -0.309 e. The Morgan fingerprint density at radius 2 is 0.750 bits per heavy atom. The lowest BCUT2D eigenvalue weighted by Crippen LogP contribution is -2.55. The van der Waals surface area contributed by atoms with Crippen LogP contribution in [0.2, 0.25) is 0 Å². The second-order valence-electron chi connectivity index (χ2n) is 18.7. The van der Waals surface area contributed by atoms with Gasteiger partial charge in [-0.2, -0.15) is 5.26 Å². The maximum absolute atomic E-state index is 11.0. The Balaban J connectivity index is 1.07. The van der Waals surface area contributed by atoms with E-state index in [0.29, 0.717) is 23.0 Å². The molecule has 0 saturated heterocycles. The topological polar surface area (TPSA) is 72.3 Å². The summed E-state index contributed by atoms with van der Waals surface area (Å²) in [6.07, 6.45) is 0. The number of nitriles is 1. The van der Waals surface area contributed by atoms with Crippen molar-refractivity contribution in [1.29, 1.82) is 5.26 Å². The van der Waals surface area contributed by atoms with Gasteiger partial charge >= 0.3 is 0 Å². The highest BCUT2D eigenvalue weighted by Gasteiger charge is 2.23. The molecule has 0 atom stereocenters. The molecule has 0 bridgehead atoms. The first kappa shape index (κ1) is 43.1. The number of para-hydroxylation sites is 3. The smallest absolute Gasteiger partial charge is 0.164 e. The SMILES string of the molecule is Bc1c(B)c(B)c(-c2nc(-c3ccc(-n4c5ccccc5c5cc(-c6ccc7c(c6)c6ccccc6n7-c6ccccc6)ccc54)c(C#N)c3)nc(-c3c(B)c(B)c(B)c(B)c3B)n2)c(B)c1B. The minimum atomic E-state index is 0.529. The molecule has 0 spiro atoms. The number of fused-ring (bicyclic) bond motifs is 6.